The van der Waals surface area contributed by atoms with Crippen molar-refractivity contribution in [2.24, 2.45) is 0 Å². The average molecular weight is 259 g/mol. The predicted octanol–water partition coefficient (Wildman–Crippen LogP) is 1.76. The van der Waals surface area contributed by atoms with Crippen molar-refractivity contribution >= 4 is 5.88 Å². The number of hydrogen-bond acceptors (Lipinski definition) is 5. The van der Waals surface area contributed by atoms with E-state index >= 15 is 0 Å². The van der Waals surface area contributed by atoms with Crippen LogP contribution >= 0.6 is 0 Å². The van der Waals surface area contributed by atoms with Gasteiger partial charge in [0.25, 0.3) is 0 Å². The molecule has 2 heterocycles. The topological polar surface area (TPSA) is 64.5 Å². The van der Waals surface area contributed by atoms with Gasteiger partial charge in [-0.25, -0.2) is 0 Å². The number of benzene rings is 1. The van der Waals surface area contributed by atoms with Gasteiger partial charge in [0.1, 0.15) is 5.69 Å². The third-order valence-corrected chi connectivity index (χ3v) is 3.29. The van der Waals surface area contributed by atoms with Crippen molar-refractivity contribution < 1.29 is 9.26 Å². The summed E-state index contributed by atoms with van der Waals surface area (Å²) in [5.74, 6) is 0.340. The van der Waals surface area contributed by atoms with Crippen LogP contribution in [0, 0.1) is 0 Å². The fraction of sp³-hybridized carbons (Fsp3) is 0.357. The molecule has 2 aromatic rings. The molecule has 0 aliphatic carbocycles. The molecule has 0 unspecified atom stereocenters. The van der Waals surface area contributed by atoms with E-state index in [-0.39, 0.29) is 0 Å². The van der Waals surface area contributed by atoms with Gasteiger partial charge in [0, 0.05) is 31.3 Å². The van der Waals surface area contributed by atoms with E-state index in [4.69, 9.17) is 15.0 Å². The summed E-state index contributed by atoms with van der Waals surface area (Å²) in [6.45, 7) is 4.63. The minimum Gasteiger partial charge on any atom is -0.379 e. The summed E-state index contributed by atoms with van der Waals surface area (Å²) >= 11 is 0. The molecular formula is C14H17N3O2. The highest BCUT2D eigenvalue weighted by Crippen LogP contribution is 2.21. The van der Waals surface area contributed by atoms with Gasteiger partial charge in [-0.15, -0.1) is 0 Å². The van der Waals surface area contributed by atoms with E-state index in [2.05, 4.69) is 22.2 Å². The minimum atomic E-state index is 0.340. The summed E-state index contributed by atoms with van der Waals surface area (Å²) in [6.07, 6.45) is 0. The van der Waals surface area contributed by atoms with E-state index < -0.39 is 0 Å². The number of morpholine rings is 1. The molecule has 5 nitrogen and oxygen atoms in total. The summed E-state index contributed by atoms with van der Waals surface area (Å²) in [4.78, 5) is 2.40. The van der Waals surface area contributed by atoms with E-state index in [1.165, 1.54) is 5.56 Å². The first-order valence-corrected chi connectivity index (χ1v) is 6.43. The molecule has 19 heavy (non-hydrogen) atoms. The third kappa shape index (κ3) is 2.94. The summed E-state index contributed by atoms with van der Waals surface area (Å²) < 4.78 is 10.2. The first kappa shape index (κ1) is 12.2. The molecule has 5 heteroatoms. The largest absolute Gasteiger partial charge is 0.379 e. The quantitative estimate of drug-likeness (QED) is 0.909. The summed E-state index contributed by atoms with van der Waals surface area (Å²) in [5, 5.41) is 3.90. The molecule has 1 aromatic carbocycles. The number of hydrogen-bond donors (Lipinski definition) is 1. The van der Waals surface area contributed by atoms with E-state index in [0.717, 1.165) is 44.1 Å². The second-order valence-corrected chi connectivity index (χ2v) is 4.70. The molecule has 0 radical (unpaired) electrons. The lowest BCUT2D eigenvalue weighted by atomic mass is 10.1. The number of nitrogen functional groups attached to an aromatic ring is 1. The zero-order chi connectivity index (χ0) is 13.1. The van der Waals surface area contributed by atoms with Gasteiger partial charge in [-0.05, 0) is 5.56 Å². The molecule has 1 saturated heterocycles. The smallest absolute Gasteiger partial charge is 0.222 e. The fourth-order valence-corrected chi connectivity index (χ4v) is 2.22. The van der Waals surface area contributed by atoms with E-state index in [1.807, 2.05) is 12.1 Å². The van der Waals surface area contributed by atoms with Crippen molar-refractivity contribution in [1.29, 1.82) is 0 Å². The standard InChI is InChI=1S/C14H17N3O2/c15-14-9-13(16-19-14)12-3-1-11(2-4-12)10-17-5-7-18-8-6-17/h1-4,9H,5-8,10,15H2. The van der Waals surface area contributed by atoms with Crippen LogP contribution in [0.3, 0.4) is 0 Å². The number of rotatable bonds is 3. The molecule has 0 atom stereocenters. The Morgan fingerprint density at radius 3 is 2.53 bits per heavy atom. The van der Waals surface area contributed by atoms with Crippen molar-refractivity contribution in [3.8, 4) is 11.3 Å². The zero-order valence-electron chi connectivity index (χ0n) is 10.7. The van der Waals surface area contributed by atoms with Crippen LogP contribution in [-0.2, 0) is 11.3 Å². The number of anilines is 1. The Balaban J connectivity index is 1.68. The monoisotopic (exact) mass is 259 g/mol. The molecule has 1 fully saturated rings. The Morgan fingerprint density at radius 2 is 1.89 bits per heavy atom. The normalized spacial score (nSPS) is 16.6. The van der Waals surface area contributed by atoms with Gasteiger partial charge in [-0.1, -0.05) is 29.4 Å². The minimum absolute atomic E-state index is 0.340. The van der Waals surface area contributed by atoms with Gasteiger partial charge in [0.2, 0.25) is 5.88 Å². The van der Waals surface area contributed by atoms with E-state index in [1.54, 1.807) is 6.07 Å². The van der Waals surface area contributed by atoms with Crippen molar-refractivity contribution in [3.63, 3.8) is 0 Å². The Hall–Kier alpha value is -1.85. The van der Waals surface area contributed by atoms with Crippen LogP contribution in [0.1, 0.15) is 5.56 Å². The maximum absolute atomic E-state index is 5.52. The molecule has 0 spiro atoms. The number of nitrogens with zero attached hydrogens (tertiary/aromatic N) is 2. The second kappa shape index (κ2) is 5.42. The molecule has 100 valence electrons. The molecule has 1 aromatic heterocycles. The molecular weight excluding hydrogens is 242 g/mol. The molecule has 1 aliphatic heterocycles. The molecule has 2 N–H and O–H groups in total. The van der Waals surface area contributed by atoms with E-state index in [0.29, 0.717) is 5.88 Å². The maximum atomic E-state index is 5.52. The first-order chi connectivity index (χ1) is 9.31. The molecule has 1 aliphatic rings. The average Bonchev–Trinajstić information content (AvgIpc) is 2.87. The third-order valence-electron chi connectivity index (χ3n) is 3.29. The van der Waals surface area contributed by atoms with Crippen molar-refractivity contribution in [1.82, 2.24) is 10.1 Å². The van der Waals surface area contributed by atoms with Crippen molar-refractivity contribution in [2.75, 3.05) is 32.0 Å². The number of aromatic nitrogens is 1. The van der Waals surface area contributed by atoms with Crippen LogP contribution in [0.25, 0.3) is 11.3 Å². The Kier molecular flexibility index (Phi) is 3.48. The predicted molar refractivity (Wildman–Crippen MR) is 72.4 cm³/mol. The summed E-state index contributed by atoms with van der Waals surface area (Å²) in [7, 11) is 0. The summed E-state index contributed by atoms with van der Waals surface area (Å²) in [5.41, 5.74) is 8.61. The Labute approximate surface area is 111 Å². The molecule has 0 bridgehead atoms. The second-order valence-electron chi connectivity index (χ2n) is 4.70. The highest BCUT2D eigenvalue weighted by Gasteiger charge is 2.11. The van der Waals surface area contributed by atoms with Gasteiger partial charge in [-0.2, -0.15) is 0 Å². The van der Waals surface area contributed by atoms with Gasteiger partial charge in [0.15, 0.2) is 0 Å². The maximum Gasteiger partial charge on any atom is 0.222 e. The first-order valence-electron chi connectivity index (χ1n) is 6.43. The van der Waals surface area contributed by atoms with Gasteiger partial charge in [0.05, 0.1) is 13.2 Å². The molecule has 0 saturated carbocycles. The number of ether oxygens (including phenoxy) is 1. The van der Waals surface area contributed by atoms with Gasteiger partial charge in [-0.3, -0.25) is 4.90 Å². The highest BCUT2D eigenvalue weighted by molar-refractivity contribution is 5.61. The zero-order valence-corrected chi connectivity index (χ0v) is 10.7. The Bertz CT molecular complexity index is 530. The SMILES string of the molecule is Nc1cc(-c2ccc(CN3CCOCC3)cc2)no1. The van der Waals surface area contributed by atoms with Gasteiger partial charge < -0.3 is 15.0 Å². The van der Waals surface area contributed by atoms with Crippen LogP contribution in [0.15, 0.2) is 34.9 Å². The van der Waals surface area contributed by atoms with Crippen LogP contribution in [0.5, 0.6) is 0 Å². The molecule has 3 rings (SSSR count). The fourth-order valence-electron chi connectivity index (χ4n) is 2.22. The lowest BCUT2D eigenvalue weighted by Crippen LogP contribution is -2.35. The lowest BCUT2D eigenvalue weighted by Gasteiger charge is -2.26. The van der Waals surface area contributed by atoms with Crippen LogP contribution in [0.4, 0.5) is 5.88 Å². The van der Waals surface area contributed by atoms with Crippen molar-refractivity contribution in [3.05, 3.63) is 35.9 Å². The number of nitrogens with two attached hydrogens (primary N) is 1. The van der Waals surface area contributed by atoms with Gasteiger partial charge >= 0.3 is 0 Å². The Morgan fingerprint density at radius 1 is 1.16 bits per heavy atom. The van der Waals surface area contributed by atoms with Crippen LogP contribution < -0.4 is 5.73 Å². The van der Waals surface area contributed by atoms with Crippen LogP contribution in [0.2, 0.25) is 0 Å². The highest BCUT2D eigenvalue weighted by atomic mass is 16.5. The van der Waals surface area contributed by atoms with Crippen LogP contribution in [-0.4, -0.2) is 36.4 Å². The van der Waals surface area contributed by atoms with E-state index in [9.17, 15) is 0 Å². The lowest BCUT2D eigenvalue weighted by molar-refractivity contribution is 0.0342. The molecule has 0 amide bonds. The summed E-state index contributed by atoms with van der Waals surface area (Å²) in [6, 6.07) is 10.1. The van der Waals surface area contributed by atoms with Crippen molar-refractivity contribution in [2.45, 2.75) is 6.54 Å².